The Hall–Kier alpha value is -3.26. The van der Waals surface area contributed by atoms with E-state index in [0.717, 1.165) is 46.4 Å². The highest BCUT2D eigenvalue weighted by Gasteiger charge is 2.28. The number of piperidine rings is 1. The van der Waals surface area contributed by atoms with Gasteiger partial charge in [-0.05, 0) is 56.5 Å². The predicted molar refractivity (Wildman–Crippen MR) is 138 cm³/mol. The third-order valence-electron chi connectivity index (χ3n) is 5.77. The summed E-state index contributed by atoms with van der Waals surface area (Å²) >= 11 is 1.60. The molecule has 1 fully saturated rings. The van der Waals surface area contributed by atoms with E-state index in [2.05, 4.69) is 32.3 Å². The molecule has 2 aromatic carbocycles. The zero-order chi connectivity index (χ0) is 24.5. The fourth-order valence-corrected chi connectivity index (χ4v) is 5.03. The van der Waals surface area contributed by atoms with Crippen LogP contribution < -0.4 is 19.7 Å². The lowest BCUT2D eigenvalue weighted by molar-refractivity contribution is -0.125. The van der Waals surface area contributed by atoms with E-state index in [-0.39, 0.29) is 11.8 Å². The molecule has 1 aliphatic rings. The van der Waals surface area contributed by atoms with Gasteiger partial charge in [0.1, 0.15) is 5.03 Å². The summed E-state index contributed by atoms with van der Waals surface area (Å²) in [7, 11) is 0. The van der Waals surface area contributed by atoms with Gasteiger partial charge in [-0.2, -0.15) is 0 Å². The number of hydrogen-bond donors (Lipinski definition) is 1. The summed E-state index contributed by atoms with van der Waals surface area (Å²) in [5, 5.41) is 3.97. The maximum absolute atomic E-state index is 13.1. The number of carbonyl (C=O) groups is 1. The average Bonchev–Trinajstić information content (AvgIpc) is 2.90. The highest BCUT2D eigenvalue weighted by atomic mass is 32.2. The first kappa shape index (κ1) is 24.9. The molecule has 0 bridgehead atoms. The largest absolute Gasteiger partial charge is 0.490 e. The van der Waals surface area contributed by atoms with E-state index >= 15 is 0 Å². The number of aromatic nitrogens is 2. The van der Waals surface area contributed by atoms with Crippen molar-refractivity contribution in [2.24, 2.45) is 5.92 Å². The number of benzene rings is 2. The molecule has 1 aliphatic heterocycles. The minimum atomic E-state index is -0.102. The number of anilines is 1. The minimum Gasteiger partial charge on any atom is -0.490 e. The van der Waals surface area contributed by atoms with Crippen molar-refractivity contribution in [2.45, 2.75) is 43.2 Å². The predicted octanol–water partition coefficient (Wildman–Crippen LogP) is 4.96. The number of nitrogens with zero attached hydrogens (tertiary/aromatic N) is 3. The summed E-state index contributed by atoms with van der Waals surface area (Å²) in [4.78, 5) is 25.6. The Morgan fingerprint density at radius 2 is 1.83 bits per heavy atom. The molecule has 1 unspecified atom stereocenters. The molecule has 1 N–H and O–H groups in total. The first-order valence-corrected chi connectivity index (χ1v) is 12.9. The van der Waals surface area contributed by atoms with Crippen molar-refractivity contribution in [1.82, 2.24) is 15.3 Å². The van der Waals surface area contributed by atoms with Gasteiger partial charge in [-0.25, -0.2) is 9.97 Å². The molecule has 8 heteroatoms. The molecular formula is C27H32N4O3S. The fraction of sp³-hybridized carbons (Fsp3) is 0.370. The van der Waals surface area contributed by atoms with Crippen LogP contribution in [0.4, 0.5) is 5.82 Å². The van der Waals surface area contributed by atoms with Crippen LogP contribution in [0.5, 0.6) is 11.5 Å². The van der Waals surface area contributed by atoms with Gasteiger partial charge in [-0.15, -0.1) is 0 Å². The summed E-state index contributed by atoms with van der Waals surface area (Å²) in [6.45, 7) is 6.96. The Balaban J connectivity index is 1.39. The third-order valence-corrected chi connectivity index (χ3v) is 6.76. The van der Waals surface area contributed by atoms with Crippen molar-refractivity contribution < 1.29 is 14.3 Å². The van der Waals surface area contributed by atoms with Gasteiger partial charge in [-0.1, -0.05) is 36.0 Å². The number of carbonyl (C=O) groups excluding carboxylic acids is 1. The van der Waals surface area contributed by atoms with Gasteiger partial charge in [0.2, 0.25) is 5.91 Å². The van der Waals surface area contributed by atoms with E-state index in [4.69, 9.17) is 9.47 Å². The lowest BCUT2D eigenvalue weighted by atomic mass is 9.97. The average molecular weight is 493 g/mol. The standard InChI is InChI=1S/C27H32N4O3S/c1-3-33-23-13-12-20(17-24(23)34-4-2)18-30-26(32)21-9-8-16-31(19-21)25-27(29-15-14-28-25)35-22-10-6-5-7-11-22/h5-7,10-15,17,21H,3-4,8-9,16,18-19H2,1-2H3,(H,30,32). The van der Waals surface area contributed by atoms with Crippen LogP contribution >= 0.6 is 11.8 Å². The van der Waals surface area contributed by atoms with E-state index in [9.17, 15) is 4.79 Å². The van der Waals surface area contributed by atoms with Crippen LogP contribution in [0.15, 0.2) is 70.8 Å². The van der Waals surface area contributed by atoms with E-state index in [0.29, 0.717) is 32.1 Å². The van der Waals surface area contributed by atoms with Crippen LogP contribution in [0.2, 0.25) is 0 Å². The molecule has 0 saturated carbocycles. The molecule has 7 nitrogen and oxygen atoms in total. The second-order valence-corrected chi connectivity index (χ2v) is 9.31. The van der Waals surface area contributed by atoms with E-state index in [1.807, 2.05) is 50.2 Å². The number of rotatable bonds is 10. The van der Waals surface area contributed by atoms with Crippen LogP contribution in [0.3, 0.4) is 0 Å². The van der Waals surface area contributed by atoms with E-state index in [1.54, 1.807) is 24.2 Å². The fourth-order valence-electron chi connectivity index (χ4n) is 4.13. The van der Waals surface area contributed by atoms with Crippen molar-refractivity contribution in [3.05, 3.63) is 66.5 Å². The molecule has 1 aromatic heterocycles. The Morgan fingerprint density at radius 1 is 1.06 bits per heavy atom. The lowest BCUT2D eigenvalue weighted by Crippen LogP contribution is -2.43. The molecule has 3 aromatic rings. The highest BCUT2D eigenvalue weighted by Crippen LogP contribution is 2.34. The number of nitrogens with one attached hydrogen (secondary N) is 1. The smallest absolute Gasteiger partial charge is 0.225 e. The lowest BCUT2D eigenvalue weighted by Gasteiger charge is -2.33. The summed E-state index contributed by atoms with van der Waals surface area (Å²) in [5.74, 6) is 2.22. The Morgan fingerprint density at radius 3 is 2.63 bits per heavy atom. The maximum atomic E-state index is 13.1. The van der Waals surface area contributed by atoms with Gasteiger partial charge in [0.05, 0.1) is 19.1 Å². The monoisotopic (exact) mass is 492 g/mol. The van der Waals surface area contributed by atoms with Gasteiger partial charge in [0.25, 0.3) is 0 Å². The topological polar surface area (TPSA) is 76.6 Å². The van der Waals surface area contributed by atoms with Crippen molar-refractivity contribution in [3.63, 3.8) is 0 Å². The molecule has 35 heavy (non-hydrogen) atoms. The zero-order valence-corrected chi connectivity index (χ0v) is 21.1. The Bertz CT molecular complexity index is 1110. The number of amides is 1. The second-order valence-electron chi connectivity index (χ2n) is 8.25. The molecular weight excluding hydrogens is 460 g/mol. The molecule has 0 aliphatic carbocycles. The van der Waals surface area contributed by atoms with E-state index < -0.39 is 0 Å². The van der Waals surface area contributed by atoms with Crippen molar-refractivity contribution in [1.29, 1.82) is 0 Å². The van der Waals surface area contributed by atoms with Crippen LogP contribution in [0.25, 0.3) is 0 Å². The summed E-state index contributed by atoms with van der Waals surface area (Å²) in [6, 6.07) is 16.0. The zero-order valence-electron chi connectivity index (χ0n) is 20.3. The highest BCUT2D eigenvalue weighted by molar-refractivity contribution is 7.99. The van der Waals surface area contributed by atoms with Crippen LogP contribution in [0, 0.1) is 5.92 Å². The minimum absolute atomic E-state index is 0.0581. The van der Waals surface area contributed by atoms with Crippen molar-refractivity contribution >= 4 is 23.5 Å². The SMILES string of the molecule is CCOc1ccc(CNC(=O)C2CCCN(c3nccnc3Sc3ccccc3)C2)cc1OCC. The van der Waals surface area contributed by atoms with Crippen molar-refractivity contribution in [3.8, 4) is 11.5 Å². The summed E-state index contributed by atoms with van der Waals surface area (Å²) in [6.07, 6.45) is 5.23. The third kappa shape index (κ3) is 6.66. The molecule has 1 saturated heterocycles. The first-order valence-electron chi connectivity index (χ1n) is 12.1. The van der Waals surface area contributed by atoms with Gasteiger partial charge < -0.3 is 19.7 Å². The second kappa shape index (κ2) is 12.4. The molecule has 2 heterocycles. The van der Waals surface area contributed by atoms with Crippen LogP contribution in [0.1, 0.15) is 32.3 Å². The maximum Gasteiger partial charge on any atom is 0.225 e. The Kier molecular flexibility index (Phi) is 8.84. The molecule has 0 radical (unpaired) electrons. The van der Waals surface area contributed by atoms with Crippen molar-refractivity contribution in [2.75, 3.05) is 31.2 Å². The van der Waals surface area contributed by atoms with Crippen LogP contribution in [-0.4, -0.2) is 42.2 Å². The van der Waals surface area contributed by atoms with Crippen LogP contribution in [-0.2, 0) is 11.3 Å². The number of ether oxygens (including phenoxy) is 2. The molecule has 4 rings (SSSR count). The summed E-state index contributed by atoms with van der Waals surface area (Å²) < 4.78 is 11.3. The van der Waals surface area contributed by atoms with Gasteiger partial charge >= 0.3 is 0 Å². The molecule has 1 amide bonds. The Labute approximate surface area is 211 Å². The quantitative estimate of drug-likeness (QED) is 0.429. The normalized spacial score (nSPS) is 15.5. The molecule has 0 spiro atoms. The molecule has 184 valence electrons. The van der Waals surface area contributed by atoms with E-state index in [1.165, 1.54) is 0 Å². The van der Waals surface area contributed by atoms with Gasteiger partial charge in [0, 0.05) is 36.9 Å². The molecule has 1 atom stereocenters. The number of hydrogen-bond acceptors (Lipinski definition) is 7. The van der Waals surface area contributed by atoms with Gasteiger partial charge in [0.15, 0.2) is 17.3 Å². The summed E-state index contributed by atoms with van der Waals surface area (Å²) in [5.41, 5.74) is 0.980. The van der Waals surface area contributed by atoms with Gasteiger partial charge in [-0.3, -0.25) is 4.79 Å². The first-order chi connectivity index (χ1) is 17.2.